The van der Waals surface area contributed by atoms with Crippen LogP contribution in [0.2, 0.25) is 5.02 Å². The third kappa shape index (κ3) is 8.24. The van der Waals surface area contributed by atoms with E-state index in [-0.39, 0.29) is 33.4 Å². The molecular formula is C19H14BClF2FeO2+2. The van der Waals surface area contributed by atoms with Crippen LogP contribution < -0.4 is 4.65 Å². The van der Waals surface area contributed by atoms with E-state index in [4.69, 9.17) is 11.6 Å². The summed E-state index contributed by atoms with van der Waals surface area (Å²) in [6, 6.07) is 3.94. The summed E-state index contributed by atoms with van der Waals surface area (Å²) in [5.41, 5.74) is 0.000561. The maximum Gasteiger partial charge on any atom is 2.00 e. The molecule has 7 heteroatoms. The van der Waals surface area contributed by atoms with E-state index in [1.165, 1.54) is 24.3 Å². The van der Waals surface area contributed by atoms with Crippen molar-refractivity contribution in [1.29, 1.82) is 0 Å². The van der Waals surface area contributed by atoms with Crippen LogP contribution in [0.1, 0.15) is 10.4 Å². The van der Waals surface area contributed by atoms with Crippen LogP contribution in [0.3, 0.4) is 0 Å². The fourth-order valence-electron chi connectivity index (χ4n) is 1.98. The Balaban J connectivity index is 0.000000486. The summed E-state index contributed by atoms with van der Waals surface area (Å²) in [4.78, 5) is 12.0. The Morgan fingerprint density at radius 1 is 1.00 bits per heavy atom. The van der Waals surface area contributed by atoms with Crippen molar-refractivity contribution in [3.8, 4) is 5.75 Å². The van der Waals surface area contributed by atoms with Crippen LogP contribution >= 0.6 is 11.6 Å². The summed E-state index contributed by atoms with van der Waals surface area (Å²) >= 11 is 5.78. The molecule has 0 unspecified atom stereocenters. The van der Waals surface area contributed by atoms with Crippen molar-refractivity contribution >= 4 is 24.9 Å². The van der Waals surface area contributed by atoms with Gasteiger partial charge in [-0.1, -0.05) is 17.7 Å². The Morgan fingerprint density at radius 2 is 1.58 bits per heavy atom. The zero-order valence-electron chi connectivity index (χ0n) is 13.5. The number of ketones is 1. The molecular weight excluding hydrogens is 400 g/mol. The Labute approximate surface area is 170 Å². The fourth-order valence-corrected chi connectivity index (χ4v) is 2.15. The first-order valence-electron chi connectivity index (χ1n) is 7.41. The molecule has 0 spiro atoms. The predicted octanol–water partition coefficient (Wildman–Crippen LogP) is 4.81. The number of allylic oxidation sites excluding steroid dienone is 2. The molecule has 1 aromatic carbocycles. The SMILES string of the molecule is O=C(/C=C/[C]1[CH][CH][CH][CH]1)c1cc(Cl)ccc1OB(F)F.[CH]1[CH][CH][CH][CH]1.[Fe+2]. The van der Waals surface area contributed by atoms with Gasteiger partial charge in [0.2, 0.25) is 0 Å². The smallest absolute Gasteiger partial charge is 0.505 e. The van der Waals surface area contributed by atoms with Gasteiger partial charge in [-0.05, 0) is 82.1 Å². The molecule has 0 aliphatic heterocycles. The number of halogens is 3. The normalized spacial score (nSPS) is 16.7. The molecule has 26 heavy (non-hydrogen) atoms. The van der Waals surface area contributed by atoms with Gasteiger partial charge in [0.1, 0.15) is 5.75 Å². The summed E-state index contributed by atoms with van der Waals surface area (Å²) in [6.07, 6.45) is 20.2. The van der Waals surface area contributed by atoms with Gasteiger partial charge in [0.15, 0.2) is 5.78 Å². The molecule has 0 aromatic heterocycles. The number of benzene rings is 1. The zero-order valence-corrected chi connectivity index (χ0v) is 15.3. The number of hydrogen-bond acceptors (Lipinski definition) is 2. The van der Waals surface area contributed by atoms with E-state index in [0.29, 0.717) is 0 Å². The van der Waals surface area contributed by atoms with Gasteiger partial charge in [0.25, 0.3) is 0 Å². The second kappa shape index (κ2) is 12.5. The van der Waals surface area contributed by atoms with Gasteiger partial charge in [-0.3, -0.25) is 4.79 Å². The Morgan fingerprint density at radius 3 is 2.12 bits per heavy atom. The van der Waals surface area contributed by atoms with Crippen LogP contribution in [0.25, 0.3) is 0 Å². The maximum atomic E-state index is 12.3. The minimum Gasteiger partial charge on any atom is -0.505 e. The quantitative estimate of drug-likeness (QED) is 0.393. The molecule has 2 aliphatic rings. The minimum atomic E-state index is -3.00. The van der Waals surface area contributed by atoms with Crippen molar-refractivity contribution in [3.05, 3.63) is 105 Å². The largest absolute Gasteiger partial charge is 2.00 e. The molecule has 1 aromatic rings. The van der Waals surface area contributed by atoms with Crippen molar-refractivity contribution in [1.82, 2.24) is 0 Å². The standard InChI is InChI=1S/C14H9BClF2O2.C5H5.Fe/c16-11-6-8-14(20-15(17)18)12(9-11)13(19)7-5-10-3-1-2-4-10;1-2-4-5-3-1;/h1-9H;1-5H;/q;;+2/b7-5+;;. The molecule has 10 radical (unpaired) electrons. The van der Waals surface area contributed by atoms with Gasteiger partial charge in [-0.25, -0.2) is 8.63 Å². The molecule has 2 fully saturated rings. The first-order valence-corrected chi connectivity index (χ1v) is 7.79. The molecule has 0 heterocycles. The molecule has 0 bridgehead atoms. The number of carbonyl (C=O) groups excluding carboxylic acids is 1. The number of carbonyl (C=O) groups is 1. The van der Waals surface area contributed by atoms with E-state index in [1.54, 1.807) is 6.08 Å². The third-order valence-electron chi connectivity index (χ3n) is 3.09. The van der Waals surface area contributed by atoms with Gasteiger partial charge in [-0.2, -0.15) is 0 Å². The van der Waals surface area contributed by atoms with Gasteiger partial charge < -0.3 is 4.65 Å². The third-order valence-corrected chi connectivity index (χ3v) is 3.33. The van der Waals surface area contributed by atoms with Crippen molar-refractivity contribution in [3.63, 3.8) is 0 Å². The second-order valence-electron chi connectivity index (χ2n) is 4.90. The number of rotatable bonds is 5. The monoisotopic (exact) mass is 414 g/mol. The maximum absolute atomic E-state index is 12.3. The Kier molecular flexibility index (Phi) is 11.2. The van der Waals surface area contributed by atoms with E-state index in [9.17, 15) is 13.4 Å². The molecule has 0 N–H and O–H groups in total. The van der Waals surface area contributed by atoms with Gasteiger partial charge in [0, 0.05) is 10.9 Å². The fraction of sp³-hybridized carbons (Fsp3) is 0. The molecule has 3 rings (SSSR count). The van der Waals surface area contributed by atoms with E-state index in [0.717, 1.165) is 5.92 Å². The summed E-state index contributed by atoms with van der Waals surface area (Å²) in [7, 11) is -3.00. The van der Waals surface area contributed by atoms with Crippen molar-refractivity contribution in [2.75, 3.05) is 0 Å². The summed E-state index contributed by atoms with van der Waals surface area (Å²) in [6.45, 7) is 0. The number of hydrogen-bond donors (Lipinski definition) is 0. The summed E-state index contributed by atoms with van der Waals surface area (Å²) < 4.78 is 28.9. The van der Waals surface area contributed by atoms with Crippen LogP contribution in [0, 0.1) is 63.7 Å². The minimum absolute atomic E-state index is 0. The first kappa shape index (κ1) is 23.2. The van der Waals surface area contributed by atoms with Crippen molar-refractivity contribution in [2.24, 2.45) is 0 Å². The van der Waals surface area contributed by atoms with E-state index >= 15 is 0 Å². The van der Waals surface area contributed by atoms with Crippen molar-refractivity contribution < 1.29 is 35.1 Å². The van der Waals surface area contributed by atoms with Gasteiger partial charge >= 0.3 is 24.5 Å². The van der Waals surface area contributed by atoms with Gasteiger partial charge in [0.05, 0.1) is 5.56 Å². The average molecular weight is 414 g/mol. The molecule has 2 nitrogen and oxygen atoms in total. The molecule has 132 valence electrons. The first-order chi connectivity index (χ1) is 12.1. The summed E-state index contributed by atoms with van der Waals surface area (Å²) in [5.74, 6) is 0.197. The van der Waals surface area contributed by atoms with Crippen molar-refractivity contribution in [2.45, 2.75) is 0 Å². The predicted molar refractivity (Wildman–Crippen MR) is 95.5 cm³/mol. The van der Waals surface area contributed by atoms with E-state index in [1.807, 2.05) is 57.8 Å². The average Bonchev–Trinajstić information content (AvgIpc) is 3.30. The topological polar surface area (TPSA) is 26.3 Å². The molecule has 2 saturated carbocycles. The van der Waals surface area contributed by atoms with Crippen LogP contribution in [0.5, 0.6) is 5.75 Å². The van der Waals surface area contributed by atoms with E-state index < -0.39 is 13.3 Å². The summed E-state index contributed by atoms with van der Waals surface area (Å²) in [5, 5.41) is 0.275. The Bertz CT molecular complexity index is 581. The zero-order chi connectivity index (χ0) is 18.1. The second-order valence-corrected chi connectivity index (χ2v) is 5.33. The molecule has 0 amide bonds. The molecule has 2 aliphatic carbocycles. The van der Waals surface area contributed by atoms with E-state index in [2.05, 4.69) is 4.65 Å². The van der Waals surface area contributed by atoms with Crippen LogP contribution in [-0.2, 0) is 17.1 Å². The molecule has 0 saturated heterocycles. The van der Waals surface area contributed by atoms with Gasteiger partial charge in [-0.15, -0.1) is 0 Å². The Hall–Kier alpha value is -0.836. The van der Waals surface area contributed by atoms with Crippen LogP contribution in [0.15, 0.2) is 30.4 Å². The van der Waals surface area contributed by atoms with Crippen LogP contribution in [-0.4, -0.2) is 13.3 Å². The molecule has 0 atom stereocenters. The van der Waals surface area contributed by atoms with Crippen LogP contribution in [0.4, 0.5) is 8.63 Å².